The second-order valence-corrected chi connectivity index (χ2v) is 37.1. The Morgan fingerprint density at radius 3 is 1.39 bits per heavy atom. The Kier molecular flexibility index (Phi) is 24.1. The van der Waals surface area contributed by atoms with Crippen molar-refractivity contribution in [1.82, 2.24) is 29.6 Å². The van der Waals surface area contributed by atoms with E-state index < -0.39 is 53.1 Å². The predicted molar refractivity (Wildman–Crippen MR) is 285 cm³/mol. The van der Waals surface area contributed by atoms with Crippen molar-refractivity contribution in [3.8, 4) is 10.6 Å². The number of ether oxygens (including phenoxy) is 2. The Labute approximate surface area is 444 Å². The first-order valence-corrected chi connectivity index (χ1v) is 35.1. The summed E-state index contributed by atoms with van der Waals surface area (Å²) in [6.45, 7) is 23.7. The van der Waals surface area contributed by atoms with E-state index in [1.165, 1.54) is 74.3 Å². The number of carbonyl (C=O) groups is 2. The van der Waals surface area contributed by atoms with Crippen molar-refractivity contribution in [3.63, 3.8) is 0 Å². The van der Waals surface area contributed by atoms with E-state index in [1.54, 1.807) is 37.6 Å². The van der Waals surface area contributed by atoms with Gasteiger partial charge in [0.1, 0.15) is 16.2 Å². The number of thiazole rings is 2. The van der Waals surface area contributed by atoms with Crippen LogP contribution in [0.15, 0.2) is 64.0 Å². The molecule has 2 aliphatic rings. The Hall–Kier alpha value is -2.98. The van der Waals surface area contributed by atoms with Crippen molar-refractivity contribution in [2.75, 3.05) is 52.4 Å². The van der Waals surface area contributed by atoms with Gasteiger partial charge in [-0.15, -0.1) is 11.3 Å². The van der Waals surface area contributed by atoms with Crippen LogP contribution in [0.2, 0.25) is 13.3 Å². The molecule has 4 heterocycles. The summed E-state index contributed by atoms with van der Waals surface area (Å²) >= 11 is 4.02. The summed E-state index contributed by atoms with van der Waals surface area (Å²) in [6, 6.07) is 8.30. The van der Waals surface area contributed by atoms with Crippen molar-refractivity contribution in [2.45, 2.75) is 151 Å². The first kappa shape index (κ1) is 61.6. The number of rotatable bonds is 15. The number of piperazine rings is 2. The number of alkyl halides is 6. The van der Waals surface area contributed by atoms with E-state index in [1.807, 2.05) is 59.1 Å². The minimum atomic E-state index is -4.43. The minimum absolute atomic E-state index is 0.0462. The van der Waals surface area contributed by atoms with Crippen LogP contribution >= 0.6 is 38.6 Å². The van der Waals surface area contributed by atoms with Gasteiger partial charge < -0.3 is 19.3 Å². The van der Waals surface area contributed by atoms with Gasteiger partial charge in [0.2, 0.25) is 0 Å². The van der Waals surface area contributed by atoms with Crippen LogP contribution in [0, 0.1) is 0 Å². The fourth-order valence-electron chi connectivity index (χ4n) is 8.43. The van der Waals surface area contributed by atoms with Gasteiger partial charge in [-0.2, -0.15) is 26.3 Å². The van der Waals surface area contributed by atoms with Crippen molar-refractivity contribution in [2.24, 2.45) is 0 Å². The number of amides is 2. The number of hydrogen-bond donors (Lipinski definition) is 0. The van der Waals surface area contributed by atoms with Crippen molar-refractivity contribution < 1.29 is 45.4 Å². The van der Waals surface area contributed by atoms with Gasteiger partial charge in [0, 0.05) is 87.1 Å². The molecule has 20 heteroatoms. The molecule has 0 aliphatic carbocycles. The molecule has 0 spiro atoms. The monoisotopic (exact) mass is 1220 g/mol. The van der Waals surface area contributed by atoms with E-state index >= 15 is 0 Å². The summed E-state index contributed by atoms with van der Waals surface area (Å²) in [5.41, 5.74) is -0.727. The first-order valence-electron chi connectivity index (χ1n) is 25.0. The fraction of sp³-hybridized carbons (Fsp3) is 0.615. The third-order valence-electron chi connectivity index (χ3n) is 12.2. The molecule has 0 radical (unpaired) electrons. The number of unbranched alkanes of at least 4 members (excludes halogenated alkanes) is 3. The van der Waals surface area contributed by atoms with Crippen LogP contribution in [0.5, 0.6) is 0 Å². The van der Waals surface area contributed by atoms with Gasteiger partial charge in [-0.3, -0.25) is 9.80 Å². The number of carbonyl (C=O) groups excluding carboxylic acids is 2. The third-order valence-corrected chi connectivity index (χ3v) is 32.3. The normalized spacial score (nSPS) is 15.3. The molecule has 72 heavy (non-hydrogen) atoms. The molecule has 2 aromatic carbocycles. The molecule has 0 N–H and O–H groups in total. The zero-order valence-electron chi connectivity index (χ0n) is 43.5. The molecule has 4 aromatic rings. The Bertz CT molecular complexity index is 2220. The standard InChI is InChI=1S/C20H24F3N3O2S.C17H22BrF3N2O2.3C4H9.C3H2NS.Sn/c1-19(2,3)28-18(27)26-9-7-25(8-10-26)13-14-4-5-16(20(21,22)23)15(12-14)17-24-6-11-29-17;1-16(2,3)25-15(24)23-8-6-22(7-9-23)11-12-4-5-13(14(18)10-12)17(19,20)21;3*1-3-4-2;1-2-5-3-4-1;/h4-6,11-12H,7-10,13H2,1-3H3;4-5,10H,6-9,11H2,1-3H3;3*1,3-4H2,2H3;1-2H;. The molecule has 2 aliphatic heterocycles. The molecule has 0 bridgehead atoms. The maximum absolute atomic E-state index is 13.4. The zero-order chi connectivity index (χ0) is 53.3. The second-order valence-electron chi connectivity index (χ2n) is 20.4. The van der Waals surface area contributed by atoms with E-state index in [0.29, 0.717) is 70.5 Å². The van der Waals surface area contributed by atoms with Crippen LogP contribution in [0.4, 0.5) is 35.9 Å². The van der Waals surface area contributed by atoms with E-state index in [4.69, 9.17) is 14.5 Å². The number of hydrogen-bond acceptors (Lipinski definition) is 10. The molecule has 402 valence electrons. The molecule has 2 amide bonds. The van der Waals surface area contributed by atoms with Crippen LogP contribution in [0.1, 0.15) is 123 Å². The molecule has 0 atom stereocenters. The average molecular weight is 1220 g/mol. The zero-order valence-corrected chi connectivity index (χ0v) is 49.6. The number of benzene rings is 2. The molecule has 2 fully saturated rings. The van der Waals surface area contributed by atoms with Crippen LogP contribution in [0.3, 0.4) is 0 Å². The molecule has 2 aromatic heterocycles. The van der Waals surface area contributed by atoms with Gasteiger partial charge in [0.05, 0.1) is 11.1 Å². The number of aromatic nitrogens is 2. The Morgan fingerprint density at radius 2 is 1.03 bits per heavy atom. The van der Waals surface area contributed by atoms with E-state index in [2.05, 4.69) is 56.9 Å². The van der Waals surface area contributed by atoms with E-state index in [0.717, 1.165) is 23.3 Å². The summed E-state index contributed by atoms with van der Waals surface area (Å²) in [6.07, 6.45) is 2.43. The van der Waals surface area contributed by atoms with Crippen LogP contribution in [-0.2, 0) is 34.9 Å². The first-order chi connectivity index (χ1) is 33.8. The summed E-state index contributed by atoms with van der Waals surface area (Å²) < 4.78 is 95.5. The van der Waals surface area contributed by atoms with Crippen molar-refractivity contribution in [1.29, 1.82) is 0 Å². The quantitative estimate of drug-likeness (QED) is 0.0859. The fourth-order valence-corrected chi connectivity index (χ4v) is 28.9. The van der Waals surface area contributed by atoms with Gasteiger partial charge in [-0.05, 0) is 76.9 Å². The molecule has 0 unspecified atom stereocenters. The van der Waals surface area contributed by atoms with E-state index in [-0.39, 0.29) is 22.2 Å². The van der Waals surface area contributed by atoms with Gasteiger partial charge in [0.25, 0.3) is 0 Å². The molecule has 10 nitrogen and oxygen atoms in total. The topological polar surface area (TPSA) is 91.3 Å². The molecular formula is C52H75BrF6N6O4S2Sn. The summed E-state index contributed by atoms with van der Waals surface area (Å²) in [4.78, 5) is 40.5. The number of nitrogens with zero attached hydrogens (tertiary/aromatic N) is 6. The van der Waals surface area contributed by atoms with Crippen LogP contribution < -0.4 is 3.02 Å². The van der Waals surface area contributed by atoms with Gasteiger partial charge in [-0.25, -0.2) is 14.6 Å². The summed E-state index contributed by atoms with van der Waals surface area (Å²) in [5.74, 6) is 0. The van der Waals surface area contributed by atoms with Crippen molar-refractivity contribution in [3.05, 3.63) is 86.3 Å². The van der Waals surface area contributed by atoms with E-state index in [9.17, 15) is 35.9 Å². The molecule has 2 saturated heterocycles. The van der Waals surface area contributed by atoms with Gasteiger partial charge >= 0.3 is 146 Å². The Balaban J connectivity index is 0.000000241. The summed E-state index contributed by atoms with van der Waals surface area (Å²) in [7, 11) is 0. The average Bonchev–Trinajstić information content (AvgIpc) is 4.05. The van der Waals surface area contributed by atoms with Crippen molar-refractivity contribution >= 4 is 72.2 Å². The summed E-state index contributed by atoms with van der Waals surface area (Å²) in [5, 5.41) is 4.22. The van der Waals surface area contributed by atoms with Crippen LogP contribution in [0.25, 0.3) is 10.6 Å². The SMILES string of the molecule is CC(C)(C)OC(=O)N1CCN(Cc2ccc(C(F)(F)F)c(-c3nccs3)c2)CC1.CC(C)(C)OC(=O)N1CCN(Cc2ccc(C(F)(F)F)c(Br)c2)CC1.CCC[CH2][Sn]([CH2]CCC)([CH2]CCC)[c]1nccs1. The van der Waals surface area contributed by atoms with Crippen LogP contribution in [-0.4, -0.2) is 124 Å². The van der Waals surface area contributed by atoms with Gasteiger partial charge in [0.15, 0.2) is 0 Å². The molecule has 6 rings (SSSR count). The maximum atomic E-state index is 13.4. The number of halogens is 7. The Morgan fingerprint density at radius 1 is 0.611 bits per heavy atom. The molecular weight excluding hydrogens is 1150 g/mol. The second kappa shape index (κ2) is 28.2. The van der Waals surface area contributed by atoms with Gasteiger partial charge in [-0.1, -0.05) is 28.1 Å². The third kappa shape index (κ3) is 20.3. The predicted octanol–water partition coefficient (Wildman–Crippen LogP) is 14.6. The molecule has 0 saturated carbocycles.